The van der Waals surface area contributed by atoms with Crippen LogP contribution in [0.25, 0.3) is 210 Å². The number of aromatic nitrogens is 6. The number of fused-ring (bicyclic) bond motifs is 8. The van der Waals surface area contributed by atoms with E-state index in [1.807, 2.05) is 42.9 Å². The summed E-state index contributed by atoms with van der Waals surface area (Å²) in [5.41, 5.74) is 24.5. The minimum Gasteiger partial charge on any atom is -0.264 e. The van der Waals surface area contributed by atoms with Crippen LogP contribution in [0.2, 0.25) is 0 Å². The van der Waals surface area contributed by atoms with Crippen LogP contribution in [0.1, 0.15) is 0 Å². The van der Waals surface area contributed by atoms with Gasteiger partial charge in [-0.05, 0) is 180 Å². The number of hydrogen-bond acceptors (Lipinski definition) is 6. The number of nitrogens with zero attached hydrogens (tertiary/aromatic N) is 6. The van der Waals surface area contributed by atoms with Crippen molar-refractivity contribution < 1.29 is 0 Å². The summed E-state index contributed by atoms with van der Waals surface area (Å²) < 4.78 is 0. The standard InChI is InChI=1S/C102H64N6/c1-2-17-77(18-3-1)101-105-95(73-44-32-66(33-45-73)68-38-50-76(51-39-68)98-92-29-11-7-20-81(92)58-84-53-41-71-16-5-9-27-90(71)100(84)98)61-96(108-101)82-23-12-21-78(55-82)87-59-88(64-104-63-87)79-22-13-24-85(56-79)102-106-93(60-94(107-102)74-46-34-69(35-47-74)86-25-14-54-103-62-86)72-42-30-65(31-43-72)67-36-48-75(49-37-67)97-91-28-10-6-19-80(91)57-83-52-40-70-15-4-8-26-89(70)99(83)97/h1-64H. The first kappa shape index (κ1) is 63.2. The van der Waals surface area contributed by atoms with Crippen LogP contribution >= 0.6 is 0 Å². The Morgan fingerprint density at radius 1 is 0.157 bits per heavy atom. The molecule has 4 heterocycles. The zero-order valence-electron chi connectivity index (χ0n) is 58.6. The van der Waals surface area contributed by atoms with Crippen LogP contribution in [0.4, 0.5) is 0 Å². The predicted molar refractivity (Wildman–Crippen MR) is 449 cm³/mol. The van der Waals surface area contributed by atoms with Crippen molar-refractivity contribution in [3.8, 4) is 146 Å². The molecule has 0 aliphatic rings. The number of hydrogen-bond donors (Lipinski definition) is 0. The lowest BCUT2D eigenvalue weighted by Crippen LogP contribution is -1.96. The Morgan fingerprint density at radius 3 is 0.944 bits per heavy atom. The van der Waals surface area contributed by atoms with Crippen LogP contribution in [0, 0.1) is 0 Å². The number of pyridine rings is 2. The maximum absolute atomic E-state index is 5.38. The van der Waals surface area contributed by atoms with Gasteiger partial charge in [0.25, 0.3) is 0 Å². The van der Waals surface area contributed by atoms with Gasteiger partial charge < -0.3 is 0 Å². The summed E-state index contributed by atoms with van der Waals surface area (Å²) in [7, 11) is 0. The second-order valence-corrected chi connectivity index (χ2v) is 27.8. The molecule has 0 amide bonds. The van der Waals surface area contributed by atoms with Gasteiger partial charge >= 0.3 is 0 Å². The zero-order valence-corrected chi connectivity index (χ0v) is 58.6. The van der Waals surface area contributed by atoms with Gasteiger partial charge in [0, 0.05) is 69.3 Å². The molecule has 6 nitrogen and oxygen atoms in total. The molecule has 0 fully saturated rings. The summed E-state index contributed by atoms with van der Waals surface area (Å²) in [4.78, 5) is 30.5. The van der Waals surface area contributed by atoms with Gasteiger partial charge in [-0.3, -0.25) is 9.97 Å². The lowest BCUT2D eigenvalue weighted by Gasteiger charge is -2.15. The molecule has 20 rings (SSSR count). The molecule has 0 aliphatic carbocycles. The van der Waals surface area contributed by atoms with Crippen molar-refractivity contribution in [2.45, 2.75) is 0 Å². The second-order valence-electron chi connectivity index (χ2n) is 27.8. The summed E-state index contributed by atoms with van der Waals surface area (Å²) in [6.45, 7) is 0. The van der Waals surface area contributed by atoms with Crippen LogP contribution in [-0.4, -0.2) is 29.9 Å². The minimum atomic E-state index is 0.617. The molecule has 4 aromatic heterocycles. The van der Waals surface area contributed by atoms with Crippen LogP contribution < -0.4 is 0 Å². The molecule has 0 saturated heterocycles. The first-order chi connectivity index (χ1) is 53.5. The molecule has 16 aromatic carbocycles. The van der Waals surface area contributed by atoms with E-state index in [1.165, 1.54) is 86.9 Å². The lowest BCUT2D eigenvalue weighted by molar-refractivity contribution is 1.18. The number of rotatable bonds is 13. The topological polar surface area (TPSA) is 77.3 Å². The highest BCUT2D eigenvalue weighted by molar-refractivity contribution is 6.23. The van der Waals surface area contributed by atoms with Crippen molar-refractivity contribution in [1.29, 1.82) is 0 Å². The van der Waals surface area contributed by atoms with Gasteiger partial charge in [0.2, 0.25) is 0 Å². The third-order valence-electron chi connectivity index (χ3n) is 21.2. The summed E-state index contributed by atoms with van der Waals surface area (Å²) in [5, 5.41) is 15.0. The van der Waals surface area contributed by atoms with Crippen LogP contribution in [0.3, 0.4) is 0 Å². The summed E-state index contributed by atoms with van der Waals surface area (Å²) in [6.07, 6.45) is 7.56. The average molecular weight is 1370 g/mol. The predicted octanol–water partition coefficient (Wildman–Crippen LogP) is 26.6. The van der Waals surface area contributed by atoms with Crippen molar-refractivity contribution >= 4 is 64.6 Å². The van der Waals surface area contributed by atoms with E-state index in [2.05, 4.69) is 345 Å². The highest BCUT2D eigenvalue weighted by atomic mass is 14.9. The Kier molecular flexibility index (Phi) is 15.8. The van der Waals surface area contributed by atoms with E-state index in [1.54, 1.807) is 6.20 Å². The van der Waals surface area contributed by atoms with E-state index >= 15 is 0 Å². The molecular weight excluding hydrogens is 1310 g/mol. The highest BCUT2D eigenvalue weighted by Crippen LogP contribution is 2.44. The maximum Gasteiger partial charge on any atom is 0.160 e. The van der Waals surface area contributed by atoms with Crippen LogP contribution in [0.15, 0.2) is 389 Å². The molecule has 0 unspecified atom stereocenters. The normalized spacial score (nSPS) is 11.5. The Labute approximate surface area is 625 Å². The minimum absolute atomic E-state index is 0.617. The van der Waals surface area contributed by atoms with Crippen molar-refractivity contribution in [1.82, 2.24) is 29.9 Å². The Bertz CT molecular complexity index is 6860. The first-order valence-corrected chi connectivity index (χ1v) is 36.6. The SMILES string of the molecule is c1ccc(-c2nc(-c3ccc(-c4ccc(-c5c6ccccc6cc6ccc7ccccc7c56)cc4)cc3)cc(-c3cccc(-c4cncc(-c5cccc(-c6nc(-c7ccc(-c8ccc(-c9c%10ccccc%10cc%10ccc%11ccccc%11c9%10)cc8)cc7)cc(-c7ccc(-c8cccnc8)cc7)n6)c5)c4)c3)n2)cc1. The molecule has 0 N–H and O–H groups in total. The molecule has 0 aliphatic heterocycles. The van der Waals surface area contributed by atoms with E-state index in [-0.39, 0.29) is 0 Å². The smallest absolute Gasteiger partial charge is 0.160 e. The highest BCUT2D eigenvalue weighted by Gasteiger charge is 2.20. The van der Waals surface area contributed by atoms with E-state index < -0.39 is 0 Å². The molecular formula is C102H64N6. The summed E-state index contributed by atoms with van der Waals surface area (Å²) >= 11 is 0. The van der Waals surface area contributed by atoms with Gasteiger partial charge in [-0.15, -0.1) is 0 Å². The maximum atomic E-state index is 5.38. The molecule has 0 bridgehead atoms. The van der Waals surface area contributed by atoms with Crippen molar-refractivity contribution in [3.05, 3.63) is 389 Å². The first-order valence-electron chi connectivity index (χ1n) is 36.6. The van der Waals surface area contributed by atoms with E-state index in [9.17, 15) is 0 Å². The summed E-state index contributed by atoms with van der Waals surface area (Å²) in [6, 6.07) is 130. The zero-order chi connectivity index (χ0) is 71.4. The third kappa shape index (κ3) is 11.9. The van der Waals surface area contributed by atoms with E-state index in [0.717, 1.165) is 112 Å². The molecule has 6 heteroatoms. The Hall–Kier alpha value is -14.5. The van der Waals surface area contributed by atoms with Crippen molar-refractivity contribution in [3.63, 3.8) is 0 Å². The second kappa shape index (κ2) is 27.0. The molecule has 108 heavy (non-hydrogen) atoms. The fraction of sp³-hybridized carbons (Fsp3) is 0. The van der Waals surface area contributed by atoms with Crippen LogP contribution in [-0.2, 0) is 0 Å². The van der Waals surface area contributed by atoms with Gasteiger partial charge in [-0.1, -0.05) is 315 Å². The monoisotopic (exact) mass is 1370 g/mol. The average Bonchev–Trinajstić information content (AvgIpc) is 0.744. The van der Waals surface area contributed by atoms with Gasteiger partial charge in [0.05, 0.1) is 22.8 Å². The van der Waals surface area contributed by atoms with Gasteiger partial charge in [0.1, 0.15) is 0 Å². The van der Waals surface area contributed by atoms with Crippen molar-refractivity contribution in [2.24, 2.45) is 0 Å². The van der Waals surface area contributed by atoms with Gasteiger partial charge in [0.15, 0.2) is 11.6 Å². The molecule has 0 spiro atoms. The fourth-order valence-corrected chi connectivity index (χ4v) is 15.8. The van der Waals surface area contributed by atoms with Crippen LogP contribution in [0.5, 0.6) is 0 Å². The van der Waals surface area contributed by atoms with Gasteiger partial charge in [-0.2, -0.15) is 0 Å². The molecule has 0 saturated carbocycles. The Morgan fingerprint density at radius 2 is 0.481 bits per heavy atom. The molecule has 0 radical (unpaired) electrons. The Balaban J connectivity index is 0.600. The molecule has 502 valence electrons. The quantitative estimate of drug-likeness (QED) is 0.0846. The molecule has 20 aromatic rings. The number of benzene rings is 16. The van der Waals surface area contributed by atoms with Gasteiger partial charge in [-0.25, -0.2) is 19.9 Å². The van der Waals surface area contributed by atoms with E-state index in [4.69, 9.17) is 24.9 Å². The summed E-state index contributed by atoms with van der Waals surface area (Å²) in [5.74, 6) is 1.27. The largest absolute Gasteiger partial charge is 0.264 e. The van der Waals surface area contributed by atoms with Crippen molar-refractivity contribution in [2.75, 3.05) is 0 Å². The fourth-order valence-electron chi connectivity index (χ4n) is 15.8. The molecule has 0 atom stereocenters. The third-order valence-corrected chi connectivity index (χ3v) is 21.2. The lowest BCUT2D eigenvalue weighted by atomic mass is 9.88. The van der Waals surface area contributed by atoms with E-state index in [0.29, 0.717) is 11.6 Å².